The highest BCUT2D eigenvalue weighted by Crippen LogP contribution is 2.22. The standard InChI is InChI=1S/C14H20N4/c1-10(2)12(7-8-15)17-14-9-16-18-13-6-4-3-5-11(13)14/h3-6,9-10,12H,7-8,15H2,1-2H3,(H,17,18). The molecule has 0 aliphatic rings. The Hall–Kier alpha value is -1.68. The van der Waals surface area contributed by atoms with Gasteiger partial charge >= 0.3 is 0 Å². The van der Waals surface area contributed by atoms with Crippen LogP contribution in [0.5, 0.6) is 0 Å². The van der Waals surface area contributed by atoms with Gasteiger partial charge in [-0.25, -0.2) is 0 Å². The monoisotopic (exact) mass is 244 g/mol. The molecule has 4 heteroatoms. The summed E-state index contributed by atoms with van der Waals surface area (Å²) in [6.45, 7) is 5.08. The van der Waals surface area contributed by atoms with E-state index in [0.717, 1.165) is 23.0 Å². The summed E-state index contributed by atoms with van der Waals surface area (Å²) >= 11 is 0. The van der Waals surface area contributed by atoms with E-state index in [1.165, 1.54) is 0 Å². The van der Waals surface area contributed by atoms with Crippen LogP contribution in [0.4, 0.5) is 5.69 Å². The largest absolute Gasteiger partial charge is 0.380 e. The molecule has 1 unspecified atom stereocenters. The molecule has 18 heavy (non-hydrogen) atoms. The smallest absolute Gasteiger partial charge is 0.0950 e. The van der Waals surface area contributed by atoms with Crippen LogP contribution in [0.2, 0.25) is 0 Å². The number of fused-ring (bicyclic) bond motifs is 1. The predicted molar refractivity (Wildman–Crippen MR) is 75.5 cm³/mol. The molecular formula is C14H20N4. The van der Waals surface area contributed by atoms with E-state index in [-0.39, 0.29) is 0 Å². The van der Waals surface area contributed by atoms with Crippen LogP contribution in [0.25, 0.3) is 10.9 Å². The maximum absolute atomic E-state index is 5.67. The Balaban J connectivity index is 2.30. The molecule has 0 amide bonds. The molecule has 4 nitrogen and oxygen atoms in total. The van der Waals surface area contributed by atoms with Crippen LogP contribution in [-0.2, 0) is 0 Å². The number of nitrogens with one attached hydrogen (secondary N) is 1. The molecule has 3 N–H and O–H groups in total. The van der Waals surface area contributed by atoms with Crippen molar-refractivity contribution in [3.63, 3.8) is 0 Å². The summed E-state index contributed by atoms with van der Waals surface area (Å²) in [4.78, 5) is 0. The second-order valence-electron chi connectivity index (χ2n) is 4.85. The minimum Gasteiger partial charge on any atom is -0.380 e. The summed E-state index contributed by atoms with van der Waals surface area (Å²) in [5.41, 5.74) is 7.62. The Morgan fingerprint density at radius 1 is 1.28 bits per heavy atom. The van der Waals surface area contributed by atoms with E-state index >= 15 is 0 Å². The highest BCUT2D eigenvalue weighted by Gasteiger charge is 2.13. The Labute approximate surface area is 108 Å². The van der Waals surface area contributed by atoms with Crippen LogP contribution in [0.15, 0.2) is 30.5 Å². The molecule has 0 spiro atoms. The van der Waals surface area contributed by atoms with E-state index in [9.17, 15) is 0 Å². The predicted octanol–water partition coefficient (Wildman–Crippen LogP) is 2.42. The summed E-state index contributed by atoms with van der Waals surface area (Å²) < 4.78 is 0. The van der Waals surface area contributed by atoms with Crippen LogP contribution in [0, 0.1) is 5.92 Å². The molecule has 2 rings (SSSR count). The van der Waals surface area contributed by atoms with Crippen LogP contribution < -0.4 is 11.1 Å². The second kappa shape index (κ2) is 5.78. The maximum atomic E-state index is 5.67. The van der Waals surface area contributed by atoms with Gasteiger partial charge in [-0.1, -0.05) is 32.0 Å². The van der Waals surface area contributed by atoms with E-state index in [1.54, 1.807) is 6.20 Å². The van der Waals surface area contributed by atoms with E-state index in [0.29, 0.717) is 18.5 Å². The third-order valence-electron chi connectivity index (χ3n) is 3.17. The molecule has 0 fully saturated rings. The Bertz CT molecular complexity index is 505. The van der Waals surface area contributed by atoms with Crippen molar-refractivity contribution in [2.75, 3.05) is 11.9 Å². The summed E-state index contributed by atoms with van der Waals surface area (Å²) in [5, 5.41) is 12.8. The van der Waals surface area contributed by atoms with Crippen molar-refractivity contribution in [3.8, 4) is 0 Å². The van der Waals surface area contributed by atoms with Gasteiger partial charge in [0, 0.05) is 11.4 Å². The lowest BCUT2D eigenvalue weighted by atomic mass is 10.0. The number of anilines is 1. The molecule has 0 saturated carbocycles. The third-order valence-corrected chi connectivity index (χ3v) is 3.17. The number of hydrogen-bond acceptors (Lipinski definition) is 4. The van der Waals surface area contributed by atoms with Gasteiger partial charge in [-0.2, -0.15) is 10.2 Å². The lowest BCUT2D eigenvalue weighted by Gasteiger charge is -2.23. The minimum absolute atomic E-state index is 0.364. The fourth-order valence-electron chi connectivity index (χ4n) is 2.07. The highest BCUT2D eigenvalue weighted by molar-refractivity contribution is 5.90. The molecular weight excluding hydrogens is 224 g/mol. The third kappa shape index (κ3) is 2.76. The SMILES string of the molecule is CC(C)C(CCN)Nc1cnnc2ccccc12. The summed E-state index contributed by atoms with van der Waals surface area (Å²) in [5.74, 6) is 0.528. The number of benzene rings is 1. The number of aromatic nitrogens is 2. The van der Waals surface area contributed by atoms with Gasteiger partial charge in [0.15, 0.2) is 0 Å². The number of nitrogens with zero attached hydrogens (tertiary/aromatic N) is 2. The zero-order chi connectivity index (χ0) is 13.0. The topological polar surface area (TPSA) is 63.8 Å². The van der Waals surface area contributed by atoms with Gasteiger partial charge in [0.25, 0.3) is 0 Å². The van der Waals surface area contributed by atoms with Crippen molar-refractivity contribution >= 4 is 16.6 Å². The Morgan fingerprint density at radius 2 is 2.06 bits per heavy atom. The Morgan fingerprint density at radius 3 is 2.78 bits per heavy atom. The average Bonchev–Trinajstić information content (AvgIpc) is 2.38. The van der Waals surface area contributed by atoms with Gasteiger partial charge in [0.2, 0.25) is 0 Å². The van der Waals surface area contributed by atoms with Crippen molar-refractivity contribution in [2.45, 2.75) is 26.3 Å². The zero-order valence-electron chi connectivity index (χ0n) is 10.9. The van der Waals surface area contributed by atoms with E-state index in [4.69, 9.17) is 5.73 Å². The first kappa shape index (κ1) is 12.8. The zero-order valence-corrected chi connectivity index (χ0v) is 10.9. The molecule has 0 bridgehead atoms. The molecule has 0 radical (unpaired) electrons. The van der Waals surface area contributed by atoms with E-state index in [1.807, 2.05) is 18.2 Å². The lowest BCUT2D eigenvalue weighted by molar-refractivity contribution is 0.499. The first-order chi connectivity index (χ1) is 8.72. The van der Waals surface area contributed by atoms with Crippen LogP contribution in [0.3, 0.4) is 0 Å². The highest BCUT2D eigenvalue weighted by atomic mass is 15.1. The van der Waals surface area contributed by atoms with Crippen molar-refractivity contribution in [1.29, 1.82) is 0 Å². The van der Waals surface area contributed by atoms with Crippen molar-refractivity contribution in [3.05, 3.63) is 30.5 Å². The van der Waals surface area contributed by atoms with Gasteiger partial charge < -0.3 is 11.1 Å². The molecule has 1 atom stereocenters. The van der Waals surface area contributed by atoms with Crippen LogP contribution in [0.1, 0.15) is 20.3 Å². The minimum atomic E-state index is 0.364. The first-order valence-electron chi connectivity index (χ1n) is 6.39. The van der Waals surface area contributed by atoms with Gasteiger partial charge in [-0.3, -0.25) is 0 Å². The number of nitrogens with two attached hydrogens (primary N) is 1. The molecule has 0 aliphatic heterocycles. The molecule has 1 aromatic carbocycles. The normalized spacial score (nSPS) is 12.9. The maximum Gasteiger partial charge on any atom is 0.0950 e. The lowest BCUT2D eigenvalue weighted by Crippen LogP contribution is -2.28. The molecule has 0 saturated heterocycles. The molecule has 1 heterocycles. The fraction of sp³-hybridized carbons (Fsp3) is 0.429. The van der Waals surface area contributed by atoms with Crippen molar-refractivity contribution in [2.24, 2.45) is 11.7 Å². The molecule has 1 aromatic heterocycles. The number of hydrogen-bond donors (Lipinski definition) is 2. The van der Waals surface area contributed by atoms with Gasteiger partial charge in [-0.15, -0.1) is 0 Å². The molecule has 0 aliphatic carbocycles. The summed E-state index contributed by atoms with van der Waals surface area (Å²) in [7, 11) is 0. The van der Waals surface area contributed by atoms with E-state index < -0.39 is 0 Å². The van der Waals surface area contributed by atoms with Gasteiger partial charge in [-0.05, 0) is 24.9 Å². The average molecular weight is 244 g/mol. The molecule has 2 aromatic rings. The van der Waals surface area contributed by atoms with Gasteiger partial charge in [0.05, 0.1) is 17.4 Å². The first-order valence-corrected chi connectivity index (χ1v) is 6.39. The van der Waals surface area contributed by atoms with Gasteiger partial charge in [0.1, 0.15) is 0 Å². The fourth-order valence-corrected chi connectivity index (χ4v) is 2.07. The summed E-state index contributed by atoms with van der Waals surface area (Å²) in [6, 6.07) is 8.39. The van der Waals surface area contributed by atoms with Crippen molar-refractivity contribution < 1.29 is 0 Å². The number of rotatable bonds is 5. The van der Waals surface area contributed by atoms with Crippen LogP contribution >= 0.6 is 0 Å². The second-order valence-corrected chi connectivity index (χ2v) is 4.85. The Kier molecular flexibility index (Phi) is 4.10. The summed E-state index contributed by atoms with van der Waals surface area (Å²) in [6.07, 6.45) is 2.74. The molecule has 96 valence electrons. The van der Waals surface area contributed by atoms with E-state index in [2.05, 4.69) is 35.4 Å². The van der Waals surface area contributed by atoms with Crippen LogP contribution in [-0.4, -0.2) is 22.8 Å². The quantitative estimate of drug-likeness (QED) is 0.847. The van der Waals surface area contributed by atoms with Crippen molar-refractivity contribution in [1.82, 2.24) is 10.2 Å².